The number of aliphatic imine (C=N–C) groups is 1. The number of hydrogen-bond acceptors (Lipinski definition) is 5. The molecule has 160 valence electrons. The molecule has 0 bridgehead atoms. The van der Waals surface area contributed by atoms with Crippen LogP contribution in [-0.2, 0) is 17.9 Å². The van der Waals surface area contributed by atoms with Gasteiger partial charge in [0.2, 0.25) is 11.9 Å². The van der Waals surface area contributed by atoms with Crippen molar-refractivity contribution in [3.05, 3.63) is 65.2 Å². The van der Waals surface area contributed by atoms with Gasteiger partial charge in [0.1, 0.15) is 5.75 Å². The first-order valence-corrected chi connectivity index (χ1v) is 10.1. The molecular weight excluding hydrogens is 394 g/mol. The smallest absolute Gasteiger partial charge is 0.390 e. The fourth-order valence-electron chi connectivity index (χ4n) is 3.84. The first-order valence-electron chi connectivity index (χ1n) is 10.1. The number of ether oxygens (including phenoxy) is 1. The van der Waals surface area contributed by atoms with E-state index in [0.717, 1.165) is 27.3 Å². The van der Waals surface area contributed by atoms with Crippen molar-refractivity contribution in [3.8, 4) is 5.75 Å². The van der Waals surface area contributed by atoms with Gasteiger partial charge in [0.05, 0.1) is 20.2 Å². The van der Waals surface area contributed by atoms with Crippen LogP contribution in [0.3, 0.4) is 0 Å². The van der Waals surface area contributed by atoms with Crippen molar-refractivity contribution < 1.29 is 18.9 Å². The second kappa shape index (κ2) is 8.22. The molecule has 2 aromatic carbocycles. The third kappa shape index (κ3) is 3.88. The van der Waals surface area contributed by atoms with Crippen LogP contribution in [0.4, 0.5) is 4.79 Å². The molecule has 1 saturated heterocycles. The summed E-state index contributed by atoms with van der Waals surface area (Å²) in [6.07, 6.45) is 0. The van der Waals surface area contributed by atoms with E-state index in [1.807, 2.05) is 54.0 Å². The lowest BCUT2D eigenvalue weighted by atomic mass is 10.1. The van der Waals surface area contributed by atoms with Crippen molar-refractivity contribution in [2.75, 3.05) is 21.2 Å². The molecule has 0 spiro atoms. The molecule has 2 aliphatic rings. The van der Waals surface area contributed by atoms with E-state index in [9.17, 15) is 9.59 Å². The van der Waals surface area contributed by atoms with Gasteiger partial charge in [-0.2, -0.15) is 0 Å². The van der Waals surface area contributed by atoms with Gasteiger partial charge in [-0.3, -0.25) is 19.9 Å². The summed E-state index contributed by atoms with van der Waals surface area (Å²) in [5, 5.41) is 3.35. The summed E-state index contributed by atoms with van der Waals surface area (Å²) in [5.41, 5.74) is 3.26. The number of rotatable bonds is 5. The molecule has 4 rings (SSSR count). The molecule has 2 heterocycles. The van der Waals surface area contributed by atoms with Crippen molar-refractivity contribution in [3.63, 3.8) is 0 Å². The average Bonchev–Trinajstić information content (AvgIpc) is 3.13. The van der Waals surface area contributed by atoms with E-state index >= 15 is 0 Å². The van der Waals surface area contributed by atoms with E-state index in [4.69, 9.17) is 4.74 Å². The Morgan fingerprint density at radius 3 is 2.48 bits per heavy atom. The molecule has 31 heavy (non-hydrogen) atoms. The minimum Gasteiger partial charge on any atom is -0.497 e. The number of likely N-dealkylation sites (N-methyl/N-ethyl adjacent to an activating group) is 2. The van der Waals surface area contributed by atoms with E-state index < -0.39 is 6.04 Å². The summed E-state index contributed by atoms with van der Waals surface area (Å²) in [6, 6.07) is 14.9. The molecule has 3 amide bonds. The van der Waals surface area contributed by atoms with Crippen molar-refractivity contribution in [1.29, 1.82) is 0 Å². The third-order valence-electron chi connectivity index (χ3n) is 5.58. The number of amides is 3. The number of carbonyl (C=O) groups excluding carboxylic acids is 2. The van der Waals surface area contributed by atoms with Gasteiger partial charge < -0.3 is 4.74 Å². The van der Waals surface area contributed by atoms with E-state index in [0.29, 0.717) is 24.9 Å². The van der Waals surface area contributed by atoms with Gasteiger partial charge in [0, 0.05) is 14.1 Å². The number of aryl methyl sites for hydroxylation is 1. The van der Waals surface area contributed by atoms with Crippen LogP contribution in [0.2, 0.25) is 0 Å². The Bertz CT molecular complexity index is 1090. The Hall–Kier alpha value is -3.68. The molecule has 0 radical (unpaired) electrons. The van der Waals surface area contributed by atoms with Gasteiger partial charge in [-0.15, -0.1) is 0 Å². The Balaban J connectivity index is 1.67. The summed E-state index contributed by atoms with van der Waals surface area (Å²) in [6.45, 7) is 3.05. The van der Waals surface area contributed by atoms with E-state index in [2.05, 4.69) is 16.4 Å². The second-order valence-electron chi connectivity index (χ2n) is 7.75. The number of imide groups is 1. The minimum atomic E-state index is -0.647. The number of nitrogens with zero attached hydrogens (tertiary/aromatic N) is 4. The van der Waals surface area contributed by atoms with Crippen LogP contribution in [0.5, 0.6) is 5.75 Å². The lowest BCUT2D eigenvalue weighted by molar-refractivity contribution is -0.553. The lowest BCUT2D eigenvalue weighted by Gasteiger charge is -2.31. The van der Waals surface area contributed by atoms with Crippen LogP contribution >= 0.6 is 0 Å². The highest BCUT2D eigenvalue weighted by molar-refractivity contribution is 6.22. The Labute approximate surface area is 181 Å². The number of fused-ring (bicyclic) bond motifs is 1. The number of hydrogen-bond donors (Lipinski definition) is 1. The molecule has 0 saturated carbocycles. The Kier molecular flexibility index (Phi) is 5.46. The quantitative estimate of drug-likeness (QED) is 0.751. The van der Waals surface area contributed by atoms with Crippen LogP contribution in [0.25, 0.3) is 0 Å². The number of amidine groups is 1. The highest BCUT2D eigenvalue weighted by Crippen LogP contribution is 2.21. The molecule has 1 fully saturated rings. The number of benzene rings is 2. The number of carbonyl (C=O) groups is 2. The van der Waals surface area contributed by atoms with Crippen LogP contribution in [0.1, 0.15) is 16.7 Å². The molecule has 8 nitrogen and oxygen atoms in total. The van der Waals surface area contributed by atoms with E-state index in [-0.39, 0.29) is 11.9 Å². The van der Waals surface area contributed by atoms with Crippen molar-refractivity contribution in [1.82, 2.24) is 15.1 Å². The molecule has 8 heteroatoms. The normalized spacial score (nSPS) is 18.3. The Morgan fingerprint density at radius 2 is 1.81 bits per heavy atom. The number of guanidine groups is 1. The summed E-state index contributed by atoms with van der Waals surface area (Å²) in [7, 11) is 4.79. The molecular formula is C23H26N5O3+. The SMILES string of the molecule is COc1ccc(CNC2=[N+](Cc3cccc(C)c3)C3C(=O)N(C)C(=O)N(C)C3=N2)cc1. The molecule has 2 aliphatic heterocycles. The largest absolute Gasteiger partial charge is 0.497 e. The van der Waals surface area contributed by atoms with Crippen molar-refractivity contribution >= 4 is 23.7 Å². The van der Waals surface area contributed by atoms with E-state index in [1.165, 1.54) is 11.9 Å². The number of urea groups is 1. The van der Waals surface area contributed by atoms with Gasteiger partial charge in [-0.05, 0) is 30.2 Å². The van der Waals surface area contributed by atoms with Crippen molar-refractivity contribution in [2.24, 2.45) is 4.99 Å². The van der Waals surface area contributed by atoms with Crippen molar-refractivity contribution in [2.45, 2.75) is 26.1 Å². The number of methoxy groups -OCH3 is 1. The predicted octanol–water partition coefficient (Wildman–Crippen LogP) is 1.97. The van der Waals surface area contributed by atoms with Crippen LogP contribution in [-0.4, -0.2) is 65.4 Å². The maximum Gasteiger partial charge on any atom is 0.390 e. The fourth-order valence-corrected chi connectivity index (χ4v) is 3.84. The van der Waals surface area contributed by atoms with Crippen LogP contribution in [0.15, 0.2) is 53.5 Å². The highest BCUT2D eigenvalue weighted by atomic mass is 16.5. The standard InChI is InChI=1S/C23H25N5O3/c1-15-6-5-7-17(12-15)14-28-19-20(26(2)23(30)27(3)21(19)29)25-22(28)24-13-16-8-10-18(31-4)11-9-16/h5-12,19H,13-14H2,1-4H3/p+1. The third-order valence-corrected chi connectivity index (χ3v) is 5.58. The number of nitrogens with one attached hydrogen (secondary N) is 1. The van der Waals surface area contributed by atoms with Gasteiger partial charge in [0.15, 0.2) is 0 Å². The zero-order valence-electron chi connectivity index (χ0n) is 18.1. The molecule has 0 aromatic heterocycles. The average molecular weight is 420 g/mol. The molecule has 2 aromatic rings. The second-order valence-corrected chi connectivity index (χ2v) is 7.75. The van der Waals surface area contributed by atoms with Crippen LogP contribution < -0.4 is 10.1 Å². The van der Waals surface area contributed by atoms with Gasteiger partial charge in [-0.25, -0.2) is 9.37 Å². The first-order chi connectivity index (χ1) is 14.9. The van der Waals surface area contributed by atoms with E-state index in [1.54, 1.807) is 14.2 Å². The molecule has 0 aliphatic carbocycles. The molecule has 1 unspecified atom stereocenters. The molecule has 1 atom stereocenters. The zero-order valence-corrected chi connectivity index (χ0v) is 18.1. The van der Waals surface area contributed by atoms with Gasteiger partial charge in [-0.1, -0.05) is 47.0 Å². The minimum absolute atomic E-state index is 0.282. The monoisotopic (exact) mass is 420 g/mol. The summed E-state index contributed by atoms with van der Waals surface area (Å²) in [4.78, 5) is 32.7. The summed E-state index contributed by atoms with van der Waals surface area (Å²) < 4.78 is 7.14. The Morgan fingerprint density at radius 1 is 1.06 bits per heavy atom. The zero-order chi connectivity index (χ0) is 22.1. The topological polar surface area (TPSA) is 77.2 Å². The summed E-state index contributed by atoms with van der Waals surface area (Å²) in [5.74, 6) is 1.52. The van der Waals surface area contributed by atoms with Gasteiger partial charge >= 0.3 is 12.0 Å². The van der Waals surface area contributed by atoms with Gasteiger partial charge in [0.25, 0.3) is 5.91 Å². The highest BCUT2D eigenvalue weighted by Gasteiger charge is 2.51. The maximum absolute atomic E-state index is 13.0. The first kappa shape index (κ1) is 20.6. The maximum atomic E-state index is 13.0. The molecule has 1 N–H and O–H groups in total. The lowest BCUT2D eigenvalue weighted by Crippen LogP contribution is -2.61. The van der Waals surface area contributed by atoms with Crippen LogP contribution in [0, 0.1) is 6.92 Å². The summed E-state index contributed by atoms with van der Waals surface area (Å²) >= 11 is 0. The fraction of sp³-hybridized carbons (Fsp3) is 0.304. The predicted molar refractivity (Wildman–Crippen MR) is 117 cm³/mol.